The normalized spacial score (nSPS) is 12.7. The molecule has 1 amide bonds. The van der Waals surface area contributed by atoms with Crippen molar-refractivity contribution in [3.05, 3.63) is 41.3 Å². The third-order valence-electron chi connectivity index (χ3n) is 4.02. The molecule has 0 saturated heterocycles. The number of carbonyl (C=O) groups excluding carboxylic acids is 1. The lowest BCUT2D eigenvalue weighted by Crippen LogP contribution is -2.24. The molecule has 0 aliphatic heterocycles. The zero-order valence-electron chi connectivity index (χ0n) is 16.1. The highest BCUT2D eigenvalue weighted by atomic mass is 16.1. The molecule has 0 fully saturated rings. The van der Waals surface area contributed by atoms with Gasteiger partial charge in [0.15, 0.2) is 0 Å². The number of rotatable bonds is 6. The molecule has 2 rings (SSSR count). The van der Waals surface area contributed by atoms with Crippen molar-refractivity contribution < 1.29 is 4.79 Å². The lowest BCUT2D eigenvalue weighted by molar-refractivity contribution is 0.0953. The van der Waals surface area contributed by atoms with Crippen LogP contribution >= 0.6 is 0 Å². The first kappa shape index (κ1) is 19.0. The molecule has 2 aromatic heterocycles. The van der Waals surface area contributed by atoms with Gasteiger partial charge in [-0.25, -0.2) is 4.98 Å². The van der Waals surface area contributed by atoms with Crippen LogP contribution in [0, 0.1) is 6.92 Å². The predicted octanol–water partition coefficient (Wildman–Crippen LogP) is 3.65. The summed E-state index contributed by atoms with van der Waals surface area (Å²) < 4.78 is 1.99. The second kappa shape index (κ2) is 7.68. The Kier molecular flexibility index (Phi) is 5.82. The first-order valence-electron chi connectivity index (χ1n) is 8.79. The maximum Gasteiger partial charge on any atom is 0.252 e. The number of anilines is 1. The molecule has 6 nitrogen and oxygen atoms in total. The molecule has 0 aliphatic carbocycles. The Morgan fingerprint density at radius 3 is 2.56 bits per heavy atom. The Morgan fingerprint density at radius 1 is 1.32 bits per heavy atom. The Bertz CT molecular complexity index is 712. The third kappa shape index (κ3) is 4.81. The summed E-state index contributed by atoms with van der Waals surface area (Å²) >= 11 is 0. The first-order chi connectivity index (χ1) is 11.7. The van der Waals surface area contributed by atoms with Crippen molar-refractivity contribution in [3.63, 3.8) is 0 Å². The van der Waals surface area contributed by atoms with E-state index in [0.717, 1.165) is 23.5 Å². The molecule has 1 atom stereocenters. The van der Waals surface area contributed by atoms with Gasteiger partial charge in [0.05, 0.1) is 22.8 Å². The fourth-order valence-corrected chi connectivity index (χ4v) is 2.50. The zero-order valence-corrected chi connectivity index (χ0v) is 16.1. The highest BCUT2D eigenvalue weighted by molar-refractivity contribution is 5.94. The molecule has 25 heavy (non-hydrogen) atoms. The van der Waals surface area contributed by atoms with Gasteiger partial charge in [0.2, 0.25) is 0 Å². The van der Waals surface area contributed by atoms with Crippen molar-refractivity contribution in [1.82, 2.24) is 20.1 Å². The van der Waals surface area contributed by atoms with Gasteiger partial charge in [-0.3, -0.25) is 9.48 Å². The molecule has 1 unspecified atom stereocenters. The van der Waals surface area contributed by atoms with Gasteiger partial charge in [-0.15, -0.1) is 0 Å². The van der Waals surface area contributed by atoms with Crippen LogP contribution in [0.25, 0.3) is 0 Å². The van der Waals surface area contributed by atoms with Gasteiger partial charge in [0.25, 0.3) is 5.91 Å². The number of nitrogens with zero attached hydrogens (tertiary/aromatic N) is 3. The smallest absolute Gasteiger partial charge is 0.252 e. The molecule has 2 N–H and O–H groups in total. The molecule has 0 bridgehead atoms. The van der Waals surface area contributed by atoms with Crippen LogP contribution in [-0.2, 0) is 5.54 Å². The lowest BCUT2D eigenvalue weighted by atomic mass is 10.1. The van der Waals surface area contributed by atoms with E-state index in [0.29, 0.717) is 12.1 Å². The molecule has 0 radical (unpaired) electrons. The Balaban J connectivity index is 2.07. The molecule has 0 aromatic carbocycles. The third-order valence-corrected chi connectivity index (χ3v) is 4.02. The van der Waals surface area contributed by atoms with E-state index in [4.69, 9.17) is 0 Å². The van der Waals surface area contributed by atoms with E-state index in [9.17, 15) is 4.79 Å². The minimum Gasteiger partial charge on any atom is -0.363 e. The van der Waals surface area contributed by atoms with E-state index in [1.54, 1.807) is 12.3 Å². The molecule has 0 saturated carbocycles. The number of nitrogens with one attached hydrogen (secondary N) is 2. The van der Waals surface area contributed by atoms with Crippen LogP contribution in [0.15, 0.2) is 24.5 Å². The quantitative estimate of drug-likeness (QED) is 0.840. The Labute approximate surface area is 150 Å². The second-order valence-corrected chi connectivity index (χ2v) is 7.34. The maximum absolute atomic E-state index is 11.9. The Morgan fingerprint density at radius 2 is 2.04 bits per heavy atom. The van der Waals surface area contributed by atoms with Crippen LogP contribution in [0.3, 0.4) is 0 Å². The number of carbonyl (C=O) groups is 1. The zero-order chi connectivity index (χ0) is 18.6. The minimum atomic E-state index is -0.0868. The molecule has 0 aliphatic rings. The van der Waals surface area contributed by atoms with Gasteiger partial charge in [0.1, 0.15) is 5.82 Å². The van der Waals surface area contributed by atoms with E-state index in [2.05, 4.69) is 54.6 Å². The predicted molar refractivity (Wildman–Crippen MR) is 101 cm³/mol. The summed E-state index contributed by atoms with van der Waals surface area (Å²) in [5, 5.41) is 10.8. The average Bonchev–Trinajstić information content (AvgIpc) is 2.95. The molecule has 2 heterocycles. The molecular weight excluding hydrogens is 314 g/mol. The summed E-state index contributed by atoms with van der Waals surface area (Å²) in [4.78, 5) is 16.3. The summed E-state index contributed by atoms with van der Waals surface area (Å²) in [6.07, 6.45) is 4.60. The van der Waals surface area contributed by atoms with Crippen LogP contribution in [0.2, 0.25) is 0 Å². The topological polar surface area (TPSA) is 71.8 Å². The first-order valence-corrected chi connectivity index (χ1v) is 8.79. The standard InChI is InChI=1S/C19H29N5O/c1-7-10-20-18(25)15-8-9-17(21-11-15)22-13(2)16-12-24(19(4,5)6)23-14(16)3/h8-9,11-13H,7,10H2,1-6H3,(H,20,25)(H,21,22). The van der Waals surface area contributed by atoms with Gasteiger partial charge in [-0.05, 0) is 53.2 Å². The fourth-order valence-electron chi connectivity index (χ4n) is 2.50. The van der Waals surface area contributed by atoms with Gasteiger partial charge in [-0.2, -0.15) is 5.10 Å². The van der Waals surface area contributed by atoms with Crippen LogP contribution in [0.4, 0.5) is 5.82 Å². The highest BCUT2D eigenvalue weighted by Gasteiger charge is 2.19. The van der Waals surface area contributed by atoms with Crippen LogP contribution in [0.1, 0.15) is 68.7 Å². The summed E-state index contributed by atoms with van der Waals surface area (Å²) in [5.41, 5.74) is 2.67. The van der Waals surface area contributed by atoms with Gasteiger partial charge in [0, 0.05) is 24.5 Å². The molecule has 2 aromatic rings. The highest BCUT2D eigenvalue weighted by Crippen LogP contribution is 2.23. The van der Waals surface area contributed by atoms with Crippen molar-refractivity contribution in [2.75, 3.05) is 11.9 Å². The fraction of sp³-hybridized carbons (Fsp3) is 0.526. The number of amides is 1. The van der Waals surface area contributed by atoms with E-state index in [-0.39, 0.29) is 17.5 Å². The van der Waals surface area contributed by atoms with Crippen LogP contribution in [-0.4, -0.2) is 27.2 Å². The summed E-state index contributed by atoms with van der Waals surface area (Å²) in [7, 11) is 0. The number of hydrogen-bond acceptors (Lipinski definition) is 4. The number of pyridine rings is 1. The molecule has 6 heteroatoms. The molecular formula is C19H29N5O. The molecule has 0 spiro atoms. The van der Waals surface area contributed by atoms with Crippen molar-refractivity contribution in [2.45, 2.75) is 59.5 Å². The monoisotopic (exact) mass is 343 g/mol. The van der Waals surface area contributed by atoms with Crippen molar-refractivity contribution >= 4 is 11.7 Å². The van der Waals surface area contributed by atoms with Crippen molar-refractivity contribution in [1.29, 1.82) is 0 Å². The van der Waals surface area contributed by atoms with Crippen LogP contribution in [0.5, 0.6) is 0 Å². The largest absolute Gasteiger partial charge is 0.363 e. The lowest BCUT2D eigenvalue weighted by Gasteiger charge is -2.19. The summed E-state index contributed by atoms with van der Waals surface area (Å²) in [6, 6.07) is 3.70. The van der Waals surface area contributed by atoms with Gasteiger partial charge in [-0.1, -0.05) is 6.92 Å². The Hall–Kier alpha value is -2.37. The minimum absolute atomic E-state index is 0.0471. The van der Waals surface area contributed by atoms with Crippen LogP contribution < -0.4 is 10.6 Å². The van der Waals surface area contributed by atoms with E-state index in [1.165, 1.54) is 0 Å². The molecule has 136 valence electrons. The maximum atomic E-state index is 11.9. The SMILES string of the molecule is CCCNC(=O)c1ccc(NC(C)c2cn(C(C)(C)C)nc2C)nc1. The van der Waals surface area contributed by atoms with Crippen molar-refractivity contribution in [3.8, 4) is 0 Å². The van der Waals surface area contributed by atoms with Gasteiger partial charge >= 0.3 is 0 Å². The number of aromatic nitrogens is 3. The van der Waals surface area contributed by atoms with E-state index < -0.39 is 0 Å². The van der Waals surface area contributed by atoms with Gasteiger partial charge < -0.3 is 10.6 Å². The summed E-state index contributed by atoms with van der Waals surface area (Å²) in [5.74, 6) is 0.652. The van der Waals surface area contributed by atoms with Crippen molar-refractivity contribution in [2.24, 2.45) is 0 Å². The van der Waals surface area contributed by atoms with E-state index in [1.807, 2.05) is 24.6 Å². The average molecular weight is 343 g/mol. The number of hydrogen-bond donors (Lipinski definition) is 2. The number of aryl methyl sites for hydroxylation is 1. The summed E-state index contributed by atoms with van der Waals surface area (Å²) in [6.45, 7) is 13.2. The second-order valence-electron chi connectivity index (χ2n) is 7.34. The van der Waals surface area contributed by atoms with E-state index >= 15 is 0 Å².